The molecule has 100 valence electrons. The first-order valence-electron chi connectivity index (χ1n) is 5.57. The molecule has 18 heavy (non-hydrogen) atoms. The average Bonchev–Trinajstić information content (AvgIpc) is 2.26. The number of amides is 1. The van der Waals surface area contributed by atoms with Crippen molar-refractivity contribution in [3.63, 3.8) is 0 Å². The second-order valence-electron chi connectivity index (χ2n) is 4.39. The summed E-state index contributed by atoms with van der Waals surface area (Å²) in [5.41, 5.74) is 0. The van der Waals surface area contributed by atoms with E-state index in [1.807, 2.05) is 13.8 Å². The number of hydrogen-bond donors (Lipinski definition) is 1. The molecule has 1 aromatic rings. The summed E-state index contributed by atoms with van der Waals surface area (Å²) < 4.78 is 37.0. The summed E-state index contributed by atoms with van der Waals surface area (Å²) in [6.07, 6.45) is 0. The van der Waals surface area contributed by atoms with E-state index < -0.39 is 32.2 Å². The van der Waals surface area contributed by atoms with Crippen molar-refractivity contribution in [3.8, 4) is 0 Å². The van der Waals surface area contributed by atoms with Gasteiger partial charge < -0.3 is 5.32 Å². The van der Waals surface area contributed by atoms with Crippen LogP contribution in [0.3, 0.4) is 0 Å². The van der Waals surface area contributed by atoms with Crippen molar-refractivity contribution in [1.29, 1.82) is 0 Å². The van der Waals surface area contributed by atoms with Crippen LogP contribution in [-0.4, -0.2) is 26.6 Å². The van der Waals surface area contributed by atoms with E-state index in [0.717, 1.165) is 12.1 Å². The molecule has 0 bridgehead atoms. The monoisotopic (exact) mass is 273 g/mol. The van der Waals surface area contributed by atoms with Crippen molar-refractivity contribution < 1.29 is 17.6 Å². The van der Waals surface area contributed by atoms with Crippen LogP contribution in [0.15, 0.2) is 29.2 Å². The molecule has 0 saturated carbocycles. The molecule has 1 amide bonds. The van der Waals surface area contributed by atoms with Crippen LogP contribution in [0.25, 0.3) is 0 Å². The number of halogens is 1. The summed E-state index contributed by atoms with van der Waals surface area (Å²) in [6.45, 7) is 4.18. The van der Waals surface area contributed by atoms with Crippen molar-refractivity contribution in [2.45, 2.75) is 18.7 Å². The molecule has 6 heteroatoms. The highest BCUT2D eigenvalue weighted by molar-refractivity contribution is 7.92. The first kappa shape index (κ1) is 14.6. The van der Waals surface area contributed by atoms with Gasteiger partial charge in [-0.1, -0.05) is 26.0 Å². The quantitative estimate of drug-likeness (QED) is 0.881. The van der Waals surface area contributed by atoms with E-state index in [2.05, 4.69) is 5.32 Å². The number of rotatable bonds is 5. The standard InChI is InChI=1S/C12H16FNO3S/c1-9(2)7-14-12(15)8-18(16,17)11-6-4-3-5-10(11)13/h3-6,9H,7-8H2,1-2H3,(H,14,15). The average molecular weight is 273 g/mol. The normalized spacial score (nSPS) is 11.6. The number of carbonyl (C=O) groups is 1. The van der Waals surface area contributed by atoms with E-state index in [1.165, 1.54) is 12.1 Å². The van der Waals surface area contributed by atoms with Crippen molar-refractivity contribution >= 4 is 15.7 Å². The zero-order valence-electron chi connectivity index (χ0n) is 10.3. The summed E-state index contributed by atoms with van der Waals surface area (Å²) in [4.78, 5) is 11.0. The minimum Gasteiger partial charge on any atom is -0.355 e. The molecular weight excluding hydrogens is 257 g/mol. The van der Waals surface area contributed by atoms with E-state index in [-0.39, 0.29) is 5.92 Å². The molecule has 1 rings (SSSR count). The number of benzene rings is 1. The van der Waals surface area contributed by atoms with Gasteiger partial charge in [-0.05, 0) is 18.1 Å². The third-order valence-electron chi connectivity index (χ3n) is 2.20. The van der Waals surface area contributed by atoms with Crippen LogP contribution in [0.2, 0.25) is 0 Å². The summed E-state index contributed by atoms with van der Waals surface area (Å²) in [5.74, 6) is -1.97. The fourth-order valence-corrected chi connectivity index (χ4v) is 2.57. The van der Waals surface area contributed by atoms with Gasteiger partial charge in [0.2, 0.25) is 5.91 Å². The lowest BCUT2D eigenvalue weighted by Crippen LogP contribution is -2.33. The Hall–Kier alpha value is -1.43. The van der Waals surface area contributed by atoms with Crippen LogP contribution >= 0.6 is 0 Å². The Morgan fingerprint density at radius 1 is 1.33 bits per heavy atom. The number of hydrogen-bond acceptors (Lipinski definition) is 3. The maximum absolute atomic E-state index is 13.3. The predicted octanol–water partition coefficient (Wildman–Crippen LogP) is 1.37. The molecule has 0 spiro atoms. The Balaban J connectivity index is 2.77. The molecule has 0 aliphatic carbocycles. The molecule has 0 aliphatic rings. The first-order valence-corrected chi connectivity index (χ1v) is 7.22. The second kappa shape index (κ2) is 5.95. The molecule has 0 aliphatic heterocycles. The van der Waals surface area contributed by atoms with Crippen LogP contribution in [-0.2, 0) is 14.6 Å². The van der Waals surface area contributed by atoms with Gasteiger partial charge in [0.15, 0.2) is 9.84 Å². The van der Waals surface area contributed by atoms with Crippen LogP contribution in [0.1, 0.15) is 13.8 Å². The number of nitrogens with one attached hydrogen (secondary N) is 1. The summed E-state index contributed by atoms with van der Waals surface area (Å²) in [7, 11) is -3.93. The topological polar surface area (TPSA) is 63.2 Å². The molecular formula is C12H16FNO3S. The highest BCUT2D eigenvalue weighted by Crippen LogP contribution is 2.14. The van der Waals surface area contributed by atoms with Crippen molar-refractivity contribution in [3.05, 3.63) is 30.1 Å². The second-order valence-corrected chi connectivity index (χ2v) is 6.35. The van der Waals surface area contributed by atoms with Crippen LogP contribution < -0.4 is 5.32 Å². The van der Waals surface area contributed by atoms with E-state index in [0.29, 0.717) is 6.54 Å². The lowest BCUT2D eigenvalue weighted by molar-refractivity contribution is -0.118. The van der Waals surface area contributed by atoms with Gasteiger partial charge in [-0.2, -0.15) is 0 Å². The van der Waals surface area contributed by atoms with Crippen molar-refractivity contribution in [1.82, 2.24) is 5.32 Å². The van der Waals surface area contributed by atoms with E-state index in [9.17, 15) is 17.6 Å². The number of sulfone groups is 1. The van der Waals surface area contributed by atoms with E-state index in [1.54, 1.807) is 0 Å². The Morgan fingerprint density at radius 3 is 2.50 bits per heavy atom. The molecule has 0 fully saturated rings. The largest absolute Gasteiger partial charge is 0.355 e. The zero-order valence-corrected chi connectivity index (χ0v) is 11.1. The van der Waals surface area contributed by atoms with Crippen molar-refractivity contribution in [2.24, 2.45) is 5.92 Å². The van der Waals surface area contributed by atoms with Gasteiger partial charge in [0.1, 0.15) is 16.5 Å². The third-order valence-corrected chi connectivity index (χ3v) is 3.84. The third kappa shape index (κ3) is 4.10. The smallest absolute Gasteiger partial charge is 0.235 e. The molecule has 0 heterocycles. The molecule has 0 atom stereocenters. The maximum Gasteiger partial charge on any atom is 0.235 e. The fraction of sp³-hybridized carbons (Fsp3) is 0.417. The van der Waals surface area contributed by atoms with E-state index >= 15 is 0 Å². The first-order chi connectivity index (χ1) is 8.33. The van der Waals surface area contributed by atoms with Gasteiger partial charge in [-0.15, -0.1) is 0 Å². The van der Waals surface area contributed by atoms with Crippen LogP contribution in [0, 0.1) is 11.7 Å². The minimum absolute atomic E-state index is 0.227. The van der Waals surface area contributed by atoms with Gasteiger partial charge in [0, 0.05) is 6.54 Å². The number of carbonyl (C=O) groups excluding carboxylic acids is 1. The molecule has 1 N–H and O–H groups in total. The van der Waals surface area contributed by atoms with Gasteiger partial charge in [0.25, 0.3) is 0 Å². The molecule has 0 unspecified atom stereocenters. The fourth-order valence-electron chi connectivity index (χ4n) is 1.32. The van der Waals surface area contributed by atoms with Gasteiger partial charge in [-0.25, -0.2) is 12.8 Å². The van der Waals surface area contributed by atoms with Crippen molar-refractivity contribution in [2.75, 3.05) is 12.3 Å². The summed E-state index contributed by atoms with van der Waals surface area (Å²) in [6, 6.07) is 5.02. The molecule has 0 saturated heterocycles. The molecule has 4 nitrogen and oxygen atoms in total. The zero-order chi connectivity index (χ0) is 13.8. The SMILES string of the molecule is CC(C)CNC(=O)CS(=O)(=O)c1ccccc1F. The van der Waals surface area contributed by atoms with Crippen LogP contribution in [0.5, 0.6) is 0 Å². The summed E-state index contributed by atoms with van der Waals surface area (Å²) in [5, 5.41) is 2.49. The molecule has 0 radical (unpaired) electrons. The Bertz CT molecular complexity index is 526. The summed E-state index contributed by atoms with van der Waals surface area (Å²) >= 11 is 0. The maximum atomic E-state index is 13.3. The van der Waals surface area contributed by atoms with Gasteiger partial charge in [0.05, 0.1) is 0 Å². The minimum atomic E-state index is -3.93. The molecule has 0 aromatic heterocycles. The highest BCUT2D eigenvalue weighted by atomic mass is 32.2. The van der Waals surface area contributed by atoms with Crippen LogP contribution in [0.4, 0.5) is 4.39 Å². The lowest BCUT2D eigenvalue weighted by atomic mass is 10.2. The predicted molar refractivity (Wildman–Crippen MR) is 66.3 cm³/mol. The Kier molecular flexibility index (Phi) is 4.84. The van der Waals surface area contributed by atoms with Gasteiger partial charge >= 0.3 is 0 Å². The highest BCUT2D eigenvalue weighted by Gasteiger charge is 2.22. The Morgan fingerprint density at radius 2 is 1.94 bits per heavy atom. The van der Waals surface area contributed by atoms with E-state index in [4.69, 9.17) is 0 Å². The Labute approximate surface area is 106 Å². The van der Waals surface area contributed by atoms with Gasteiger partial charge in [-0.3, -0.25) is 4.79 Å². The molecule has 1 aromatic carbocycles. The lowest BCUT2D eigenvalue weighted by Gasteiger charge is -2.08.